The van der Waals surface area contributed by atoms with E-state index in [1.165, 1.54) is 12.1 Å². The summed E-state index contributed by atoms with van der Waals surface area (Å²) in [4.78, 5) is 22.4. The molecule has 2 N–H and O–H groups in total. The molecular weight excluding hydrogens is 218 g/mol. The Morgan fingerprint density at radius 1 is 1.12 bits per heavy atom. The third kappa shape index (κ3) is 3.59. The van der Waals surface area contributed by atoms with Crippen LogP contribution in [0.5, 0.6) is 0 Å². The summed E-state index contributed by atoms with van der Waals surface area (Å²) in [5.41, 5.74) is 0.826. The number of aromatic carboxylic acids is 1. The van der Waals surface area contributed by atoms with Crippen LogP contribution in [0.4, 0.5) is 5.69 Å². The lowest BCUT2D eigenvalue weighted by Gasteiger charge is -2.15. The molecule has 0 aliphatic rings. The van der Waals surface area contributed by atoms with Crippen LogP contribution in [0.3, 0.4) is 0 Å². The van der Waals surface area contributed by atoms with Gasteiger partial charge in [0.1, 0.15) is 0 Å². The zero-order valence-corrected chi connectivity index (χ0v) is 10.2. The molecule has 1 atom stereocenters. The van der Waals surface area contributed by atoms with Gasteiger partial charge in [-0.25, -0.2) is 4.79 Å². The van der Waals surface area contributed by atoms with E-state index in [0.717, 1.165) is 0 Å². The van der Waals surface area contributed by atoms with E-state index in [-0.39, 0.29) is 23.3 Å². The number of carboxylic acids is 1. The van der Waals surface area contributed by atoms with Crippen LogP contribution in [0.1, 0.15) is 31.1 Å². The Labute approximate surface area is 101 Å². The monoisotopic (exact) mass is 235 g/mol. The molecule has 1 aromatic carbocycles. The van der Waals surface area contributed by atoms with Gasteiger partial charge in [0.25, 0.3) is 0 Å². The van der Waals surface area contributed by atoms with Crippen LogP contribution < -0.4 is 5.32 Å². The van der Waals surface area contributed by atoms with Crippen molar-refractivity contribution in [3.05, 3.63) is 29.8 Å². The fourth-order valence-electron chi connectivity index (χ4n) is 1.25. The molecule has 0 fully saturated rings. The van der Waals surface area contributed by atoms with E-state index < -0.39 is 5.97 Å². The highest BCUT2D eigenvalue weighted by atomic mass is 16.4. The Morgan fingerprint density at radius 3 is 2.06 bits per heavy atom. The Hall–Kier alpha value is -1.84. The van der Waals surface area contributed by atoms with Crippen LogP contribution in [0, 0.1) is 11.8 Å². The molecule has 0 saturated carbocycles. The van der Waals surface area contributed by atoms with Crippen molar-refractivity contribution >= 4 is 17.6 Å². The number of carbonyl (C=O) groups is 2. The predicted molar refractivity (Wildman–Crippen MR) is 66.0 cm³/mol. The molecule has 1 rings (SSSR count). The quantitative estimate of drug-likeness (QED) is 0.843. The smallest absolute Gasteiger partial charge is 0.335 e. The zero-order chi connectivity index (χ0) is 13.0. The Balaban J connectivity index is 2.70. The number of anilines is 1. The van der Waals surface area contributed by atoms with Gasteiger partial charge in [-0.15, -0.1) is 0 Å². The van der Waals surface area contributed by atoms with Gasteiger partial charge in [0.2, 0.25) is 5.91 Å². The van der Waals surface area contributed by atoms with Crippen LogP contribution in [0.2, 0.25) is 0 Å². The zero-order valence-electron chi connectivity index (χ0n) is 10.2. The van der Waals surface area contributed by atoms with Crippen molar-refractivity contribution in [2.75, 3.05) is 5.32 Å². The first kappa shape index (κ1) is 13.2. The lowest BCUT2D eigenvalue weighted by molar-refractivity contribution is -0.120. The van der Waals surface area contributed by atoms with E-state index in [1.807, 2.05) is 20.8 Å². The van der Waals surface area contributed by atoms with E-state index in [9.17, 15) is 9.59 Å². The van der Waals surface area contributed by atoms with Crippen LogP contribution in [0.15, 0.2) is 24.3 Å². The third-order valence-corrected chi connectivity index (χ3v) is 2.81. The number of amides is 1. The van der Waals surface area contributed by atoms with Gasteiger partial charge in [0.15, 0.2) is 0 Å². The summed E-state index contributed by atoms with van der Waals surface area (Å²) in [6.07, 6.45) is 0. The van der Waals surface area contributed by atoms with Crippen LogP contribution >= 0.6 is 0 Å². The van der Waals surface area contributed by atoms with Crippen molar-refractivity contribution in [2.24, 2.45) is 11.8 Å². The molecule has 1 unspecified atom stereocenters. The minimum absolute atomic E-state index is 0.0527. The number of nitrogens with one attached hydrogen (secondary N) is 1. The van der Waals surface area contributed by atoms with Gasteiger partial charge in [-0.1, -0.05) is 20.8 Å². The Kier molecular flexibility index (Phi) is 4.26. The molecule has 0 heterocycles. The summed E-state index contributed by atoms with van der Waals surface area (Å²) < 4.78 is 0. The van der Waals surface area contributed by atoms with Crippen molar-refractivity contribution in [3.63, 3.8) is 0 Å². The van der Waals surface area contributed by atoms with Gasteiger partial charge in [-0.3, -0.25) is 4.79 Å². The Bertz CT molecular complexity index is 409. The maximum absolute atomic E-state index is 11.7. The summed E-state index contributed by atoms with van der Waals surface area (Å²) in [7, 11) is 0. The number of rotatable bonds is 4. The van der Waals surface area contributed by atoms with Crippen molar-refractivity contribution < 1.29 is 14.7 Å². The summed E-state index contributed by atoms with van der Waals surface area (Å²) >= 11 is 0. The van der Waals surface area contributed by atoms with E-state index in [2.05, 4.69) is 5.32 Å². The number of carboxylic acid groups (broad SMARTS) is 1. The van der Waals surface area contributed by atoms with Crippen LogP contribution in [-0.2, 0) is 4.79 Å². The summed E-state index contributed by atoms with van der Waals surface area (Å²) in [6.45, 7) is 5.83. The molecular formula is C13H17NO3. The lowest BCUT2D eigenvalue weighted by Crippen LogP contribution is -2.24. The van der Waals surface area contributed by atoms with Crippen LogP contribution in [0.25, 0.3) is 0 Å². The highest BCUT2D eigenvalue weighted by molar-refractivity contribution is 5.93. The molecule has 0 aliphatic heterocycles. The minimum atomic E-state index is -0.974. The molecule has 4 heteroatoms. The van der Waals surface area contributed by atoms with E-state index in [0.29, 0.717) is 5.69 Å². The number of carbonyl (C=O) groups excluding carboxylic acids is 1. The van der Waals surface area contributed by atoms with E-state index in [1.54, 1.807) is 12.1 Å². The standard InChI is InChI=1S/C13H17NO3/c1-8(2)9(3)12(15)14-11-6-4-10(5-7-11)13(16)17/h4-9H,1-3H3,(H,14,15)(H,16,17). The maximum atomic E-state index is 11.7. The molecule has 1 amide bonds. The molecule has 0 saturated heterocycles. The van der Waals surface area contributed by atoms with Crippen molar-refractivity contribution in [2.45, 2.75) is 20.8 Å². The van der Waals surface area contributed by atoms with Crippen LogP contribution in [-0.4, -0.2) is 17.0 Å². The highest BCUT2D eigenvalue weighted by Crippen LogP contribution is 2.14. The van der Waals surface area contributed by atoms with Crippen molar-refractivity contribution in [1.29, 1.82) is 0 Å². The third-order valence-electron chi connectivity index (χ3n) is 2.81. The summed E-state index contributed by atoms with van der Waals surface area (Å²) in [6, 6.07) is 6.12. The Morgan fingerprint density at radius 2 is 1.65 bits per heavy atom. The van der Waals surface area contributed by atoms with Gasteiger partial charge in [0.05, 0.1) is 5.56 Å². The topological polar surface area (TPSA) is 66.4 Å². The molecule has 0 bridgehead atoms. The molecule has 0 aliphatic carbocycles. The first-order chi connectivity index (χ1) is 7.91. The molecule has 1 aromatic rings. The first-order valence-corrected chi connectivity index (χ1v) is 5.56. The minimum Gasteiger partial charge on any atom is -0.478 e. The van der Waals surface area contributed by atoms with Crippen molar-refractivity contribution in [1.82, 2.24) is 0 Å². The second-order valence-corrected chi connectivity index (χ2v) is 4.40. The maximum Gasteiger partial charge on any atom is 0.335 e. The number of hydrogen-bond donors (Lipinski definition) is 2. The SMILES string of the molecule is CC(C)C(C)C(=O)Nc1ccc(C(=O)O)cc1. The lowest BCUT2D eigenvalue weighted by atomic mass is 9.97. The van der Waals surface area contributed by atoms with Gasteiger partial charge in [0, 0.05) is 11.6 Å². The van der Waals surface area contributed by atoms with Gasteiger partial charge >= 0.3 is 5.97 Å². The van der Waals surface area contributed by atoms with Gasteiger partial charge in [-0.05, 0) is 30.2 Å². The second kappa shape index (κ2) is 5.48. The molecule has 92 valence electrons. The molecule has 4 nitrogen and oxygen atoms in total. The van der Waals surface area contributed by atoms with Gasteiger partial charge < -0.3 is 10.4 Å². The normalized spacial score (nSPS) is 12.2. The molecule has 17 heavy (non-hydrogen) atoms. The first-order valence-electron chi connectivity index (χ1n) is 5.56. The average Bonchev–Trinajstić information content (AvgIpc) is 2.28. The average molecular weight is 235 g/mol. The van der Waals surface area contributed by atoms with E-state index in [4.69, 9.17) is 5.11 Å². The molecule has 0 radical (unpaired) electrons. The highest BCUT2D eigenvalue weighted by Gasteiger charge is 2.16. The molecule has 0 aromatic heterocycles. The number of hydrogen-bond acceptors (Lipinski definition) is 2. The van der Waals surface area contributed by atoms with E-state index >= 15 is 0 Å². The predicted octanol–water partition coefficient (Wildman–Crippen LogP) is 2.62. The second-order valence-electron chi connectivity index (χ2n) is 4.40. The summed E-state index contributed by atoms with van der Waals surface area (Å²) in [5, 5.41) is 11.5. The fourth-order valence-corrected chi connectivity index (χ4v) is 1.25. The fraction of sp³-hybridized carbons (Fsp3) is 0.385. The van der Waals surface area contributed by atoms with Crippen molar-refractivity contribution in [3.8, 4) is 0 Å². The van der Waals surface area contributed by atoms with Gasteiger partial charge in [-0.2, -0.15) is 0 Å². The molecule has 0 spiro atoms. The summed E-state index contributed by atoms with van der Waals surface area (Å²) in [5.74, 6) is -0.830. The number of benzene rings is 1. The largest absolute Gasteiger partial charge is 0.478 e.